The summed E-state index contributed by atoms with van der Waals surface area (Å²) in [6, 6.07) is 6.76. The third kappa shape index (κ3) is 4.65. The standard InChI is InChI=1S/C23H30BrN3O2/c1-15(29)21-12-25-22-9-6-17(24)11-20(22)23(21)26-18-7-4-16(5-8-18)13-27-10-2-3-19(27)14-28/h6,9,11-12,16,18-19,28H,2-5,7-8,10,13-14H2,1H3,(H,25,26). The number of hydrogen-bond donors (Lipinski definition) is 2. The molecule has 1 aromatic carbocycles. The maximum atomic E-state index is 12.2. The number of Topliss-reactive ketones (excluding diaryl/α,β-unsaturated/α-hetero) is 1. The summed E-state index contributed by atoms with van der Waals surface area (Å²) in [5.41, 5.74) is 2.49. The number of aliphatic hydroxyl groups excluding tert-OH is 1. The van der Waals surface area contributed by atoms with E-state index in [-0.39, 0.29) is 12.4 Å². The Balaban J connectivity index is 1.45. The lowest BCUT2D eigenvalue weighted by Gasteiger charge is -2.34. The second-order valence-corrected chi connectivity index (χ2v) is 9.52. The van der Waals surface area contributed by atoms with Crippen molar-refractivity contribution in [3.63, 3.8) is 0 Å². The van der Waals surface area contributed by atoms with Crippen molar-refractivity contribution < 1.29 is 9.90 Å². The Kier molecular flexibility index (Phi) is 6.52. The van der Waals surface area contributed by atoms with Crippen LogP contribution < -0.4 is 5.32 Å². The van der Waals surface area contributed by atoms with Gasteiger partial charge in [0.15, 0.2) is 5.78 Å². The lowest BCUT2D eigenvalue weighted by molar-refractivity contribution is 0.101. The van der Waals surface area contributed by atoms with E-state index in [0.717, 1.165) is 53.4 Å². The number of hydrogen-bond acceptors (Lipinski definition) is 5. The molecule has 2 aliphatic rings. The lowest BCUT2D eigenvalue weighted by atomic mass is 9.85. The SMILES string of the molecule is CC(=O)c1cnc2ccc(Br)cc2c1NC1CCC(CN2CCCC2CO)CC1. The van der Waals surface area contributed by atoms with E-state index in [1.54, 1.807) is 13.1 Å². The van der Waals surface area contributed by atoms with Crippen molar-refractivity contribution in [3.8, 4) is 0 Å². The zero-order valence-electron chi connectivity index (χ0n) is 17.0. The van der Waals surface area contributed by atoms with Crippen LogP contribution in [0.25, 0.3) is 10.9 Å². The summed E-state index contributed by atoms with van der Waals surface area (Å²) >= 11 is 3.55. The van der Waals surface area contributed by atoms with Crippen molar-refractivity contribution >= 4 is 38.3 Å². The first-order valence-corrected chi connectivity index (χ1v) is 11.5. The van der Waals surface area contributed by atoms with E-state index in [1.165, 1.54) is 19.3 Å². The van der Waals surface area contributed by atoms with E-state index in [1.807, 2.05) is 18.2 Å². The predicted octanol–water partition coefficient (Wildman–Crippen LogP) is 4.63. The second kappa shape index (κ2) is 9.11. The zero-order chi connectivity index (χ0) is 20.4. The van der Waals surface area contributed by atoms with Crippen molar-refractivity contribution in [3.05, 3.63) is 34.4 Å². The number of likely N-dealkylation sites (tertiary alicyclic amines) is 1. The molecule has 1 saturated carbocycles. The van der Waals surface area contributed by atoms with Gasteiger partial charge in [-0.25, -0.2) is 0 Å². The van der Waals surface area contributed by atoms with Gasteiger partial charge in [-0.15, -0.1) is 0 Å². The molecule has 0 radical (unpaired) electrons. The van der Waals surface area contributed by atoms with Crippen molar-refractivity contribution in [2.75, 3.05) is 25.0 Å². The number of ketones is 1. The average Bonchev–Trinajstić information content (AvgIpc) is 3.16. The number of halogens is 1. The molecule has 29 heavy (non-hydrogen) atoms. The largest absolute Gasteiger partial charge is 0.395 e. The first-order valence-electron chi connectivity index (χ1n) is 10.8. The number of rotatable bonds is 6. The summed E-state index contributed by atoms with van der Waals surface area (Å²) in [7, 11) is 0. The van der Waals surface area contributed by atoms with Crippen LogP contribution in [-0.4, -0.2) is 52.6 Å². The van der Waals surface area contributed by atoms with Crippen molar-refractivity contribution in [2.24, 2.45) is 5.92 Å². The molecule has 6 heteroatoms. The number of pyridine rings is 1. The van der Waals surface area contributed by atoms with E-state index in [9.17, 15) is 9.90 Å². The number of aliphatic hydroxyl groups is 1. The quantitative estimate of drug-likeness (QED) is 0.616. The number of carbonyl (C=O) groups is 1. The van der Waals surface area contributed by atoms with Crippen molar-refractivity contribution in [2.45, 2.75) is 57.5 Å². The van der Waals surface area contributed by atoms with Crippen LogP contribution in [0.5, 0.6) is 0 Å². The number of aromatic nitrogens is 1. The molecule has 1 unspecified atom stereocenters. The molecule has 2 N–H and O–H groups in total. The molecule has 1 aliphatic carbocycles. The van der Waals surface area contributed by atoms with Crippen LogP contribution in [0, 0.1) is 5.92 Å². The molecule has 1 atom stereocenters. The number of carbonyl (C=O) groups excluding carboxylic acids is 1. The number of nitrogens with zero attached hydrogens (tertiary/aromatic N) is 2. The molecule has 0 spiro atoms. The molecule has 2 aromatic rings. The fraction of sp³-hybridized carbons (Fsp3) is 0.565. The second-order valence-electron chi connectivity index (χ2n) is 8.60. The molecule has 1 aliphatic heterocycles. The first-order chi connectivity index (χ1) is 14.0. The molecule has 2 heterocycles. The Morgan fingerprint density at radius 1 is 1.28 bits per heavy atom. The Hall–Kier alpha value is -1.50. The number of anilines is 1. The van der Waals surface area contributed by atoms with Gasteiger partial charge in [-0.05, 0) is 76.1 Å². The third-order valence-electron chi connectivity index (χ3n) is 6.61. The molecular weight excluding hydrogens is 430 g/mol. The topological polar surface area (TPSA) is 65.5 Å². The zero-order valence-corrected chi connectivity index (χ0v) is 18.6. The van der Waals surface area contributed by atoms with Gasteiger partial charge in [-0.2, -0.15) is 0 Å². The van der Waals surface area contributed by atoms with Gasteiger partial charge < -0.3 is 10.4 Å². The molecule has 1 aromatic heterocycles. The molecule has 0 amide bonds. The van der Waals surface area contributed by atoms with Gasteiger partial charge >= 0.3 is 0 Å². The number of benzene rings is 1. The average molecular weight is 460 g/mol. The maximum Gasteiger partial charge on any atom is 0.163 e. The fourth-order valence-corrected chi connectivity index (χ4v) is 5.32. The minimum absolute atomic E-state index is 0.0413. The van der Waals surface area contributed by atoms with Crippen LogP contribution >= 0.6 is 15.9 Å². The lowest BCUT2D eigenvalue weighted by Crippen LogP contribution is -2.38. The highest BCUT2D eigenvalue weighted by Gasteiger charge is 2.29. The Labute approximate surface area is 181 Å². The van der Waals surface area contributed by atoms with E-state index in [0.29, 0.717) is 23.6 Å². The summed E-state index contributed by atoms with van der Waals surface area (Å²) in [4.78, 5) is 19.2. The van der Waals surface area contributed by atoms with Crippen LogP contribution in [0.1, 0.15) is 55.8 Å². The summed E-state index contributed by atoms with van der Waals surface area (Å²) in [6.07, 6.45) is 8.64. The van der Waals surface area contributed by atoms with E-state index < -0.39 is 0 Å². The van der Waals surface area contributed by atoms with Crippen LogP contribution in [0.3, 0.4) is 0 Å². The maximum absolute atomic E-state index is 12.2. The van der Waals surface area contributed by atoms with Gasteiger partial charge in [-0.3, -0.25) is 14.7 Å². The van der Waals surface area contributed by atoms with E-state index >= 15 is 0 Å². The molecular formula is C23H30BrN3O2. The molecule has 5 nitrogen and oxygen atoms in total. The minimum atomic E-state index is 0.0413. The molecule has 1 saturated heterocycles. The molecule has 2 fully saturated rings. The summed E-state index contributed by atoms with van der Waals surface area (Å²) in [6.45, 7) is 4.14. The smallest absolute Gasteiger partial charge is 0.163 e. The molecule has 4 rings (SSSR count). The van der Waals surface area contributed by atoms with Crippen molar-refractivity contribution in [1.29, 1.82) is 0 Å². The van der Waals surface area contributed by atoms with Crippen LogP contribution in [0.15, 0.2) is 28.9 Å². The molecule has 156 valence electrons. The third-order valence-corrected chi connectivity index (χ3v) is 7.10. The Bertz CT molecular complexity index is 880. The van der Waals surface area contributed by atoms with Crippen molar-refractivity contribution in [1.82, 2.24) is 9.88 Å². The summed E-state index contributed by atoms with van der Waals surface area (Å²) in [5.74, 6) is 0.746. The minimum Gasteiger partial charge on any atom is -0.395 e. The fourth-order valence-electron chi connectivity index (χ4n) is 4.95. The van der Waals surface area contributed by atoms with Gasteiger partial charge in [0.05, 0.1) is 23.4 Å². The summed E-state index contributed by atoms with van der Waals surface area (Å²) < 4.78 is 0.989. The summed E-state index contributed by atoms with van der Waals surface area (Å²) in [5, 5.41) is 14.3. The number of fused-ring (bicyclic) bond motifs is 1. The van der Waals surface area contributed by atoms with Crippen LogP contribution in [-0.2, 0) is 0 Å². The Morgan fingerprint density at radius 3 is 2.79 bits per heavy atom. The normalized spacial score (nSPS) is 25.4. The highest BCUT2D eigenvalue weighted by Crippen LogP contribution is 2.34. The van der Waals surface area contributed by atoms with Gasteiger partial charge in [0.25, 0.3) is 0 Å². The van der Waals surface area contributed by atoms with E-state index in [2.05, 4.69) is 31.1 Å². The van der Waals surface area contributed by atoms with Crippen LogP contribution in [0.2, 0.25) is 0 Å². The highest BCUT2D eigenvalue weighted by atomic mass is 79.9. The highest BCUT2D eigenvalue weighted by molar-refractivity contribution is 9.10. The number of nitrogens with one attached hydrogen (secondary N) is 1. The van der Waals surface area contributed by atoms with Gasteiger partial charge in [0.2, 0.25) is 0 Å². The van der Waals surface area contributed by atoms with Gasteiger partial charge in [0, 0.05) is 34.7 Å². The monoisotopic (exact) mass is 459 g/mol. The van der Waals surface area contributed by atoms with Crippen LogP contribution in [0.4, 0.5) is 5.69 Å². The predicted molar refractivity (Wildman–Crippen MR) is 120 cm³/mol. The van der Waals surface area contributed by atoms with E-state index in [4.69, 9.17) is 0 Å². The first kappa shape index (κ1) is 20.8. The Morgan fingerprint density at radius 2 is 2.07 bits per heavy atom. The van der Waals surface area contributed by atoms with Gasteiger partial charge in [0.1, 0.15) is 0 Å². The molecule has 0 bridgehead atoms. The van der Waals surface area contributed by atoms with Gasteiger partial charge in [-0.1, -0.05) is 15.9 Å².